The van der Waals surface area contributed by atoms with Crippen LogP contribution in [-0.4, -0.2) is 26.9 Å². The molecule has 0 radical (unpaired) electrons. The van der Waals surface area contributed by atoms with Crippen LogP contribution < -0.4 is 0 Å². The largest absolute Gasteiger partial charge is 0.300 e. The highest BCUT2D eigenvalue weighted by Gasteiger charge is 2.28. The first-order valence-electron chi connectivity index (χ1n) is 6.41. The van der Waals surface area contributed by atoms with Gasteiger partial charge in [-0.15, -0.1) is 0 Å². The van der Waals surface area contributed by atoms with Crippen molar-refractivity contribution in [1.29, 1.82) is 0 Å². The SMILES string of the molecule is CC(=O)C[C@@H]1CCCCN1S(=O)c1ccccc1. The Labute approximate surface area is 111 Å². The number of hydrogen-bond acceptors (Lipinski definition) is 2. The van der Waals surface area contributed by atoms with Crippen LogP contribution in [0, 0.1) is 0 Å². The normalized spacial score (nSPS) is 22.6. The summed E-state index contributed by atoms with van der Waals surface area (Å²) in [6.45, 7) is 2.43. The van der Waals surface area contributed by atoms with Crippen molar-refractivity contribution in [2.45, 2.75) is 43.5 Å². The van der Waals surface area contributed by atoms with Crippen molar-refractivity contribution < 1.29 is 9.00 Å². The second-order valence-electron chi connectivity index (χ2n) is 4.76. The number of hydrogen-bond donors (Lipinski definition) is 0. The van der Waals surface area contributed by atoms with Gasteiger partial charge in [0.25, 0.3) is 0 Å². The monoisotopic (exact) mass is 265 g/mol. The van der Waals surface area contributed by atoms with Gasteiger partial charge in [0.1, 0.15) is 16.8 Å². The predicted molar refractivity (Wildman–Crippen MR) is 72.5 cm³/mol. The van der Waals surface area contributed by atoms with Crippen LogP contribution in [0.5, 0.6) is 0 Å². The van der Waals surface area contributed by atoms with Crippen molar-refractivity contribution >= 4 is 16.8 Å². The summed E-state index contributed by atoms with van der Waals surface area (Å²) in [6, 6.07) is 9.63. The fraction of sp³-hybridized carbons (Fsp3) is 0.500. The number of carbonyl (C=O) groups is 1. The van der Waals surface area contributed by atoms with Gasteiger partial charge in [-0.1, -0.05) is 24.6 Å². The van der Waals surface area contributed by atoms with Crippen LogP contribution in [0.25, 0.3) is 0 Å². The van der Waals surface area contributed by atoms with E-state index in [1.165, 1.54) is 0 Å². The number of Topliss-reactive ketones (excluding diaryl/α,β-unsaturated/α-hetero) is 1. The summed E-state index contributed by atoms with van der Waals surface area (Å²) < 4.78 is 14.5. The van der Waals surface area contributed by atoms with Gasteiger partial charge in [0.15, 0.2) is 0 Å². The number of nitrogens with zero attached hydrogens (tertiary/aromatic N) is 1. The van der Waals surface area contributed by atoms with Crippen LogP contribution in [0.3, 0.4) is 0 Å². The minimum atomic E-state index is -1.14. The van der Waals surface area contributed by atoms with E-state index in [9.17, 15) is 9.00 Å². The van der Waals surface area contributed by atoms with Crippen molar-refractivity contribution in [2.24, 2.45) is 0 Å². The molecule has 1 saturated heterocycles. The number of rotatable bonds is 4. The van der Waals surface area contributed by atoms with Crippen LogP contribution in [-0.2, 0) is 15.8 Å². The summed E-state index contributed by atoms with van der Waals surface area (Å²) >= 11 is 0. The smallest absolute Gasteiger partial charge is 0.131 e. The van der Waals surface area contributed by atoms with E-state index in [0.29, 0.717) is 6.42 Å². The van der Waals surface area contributed by atoms with Gasteiger partial charge in [-0.25, -0.2) is 8.51 Å². The summed E-state index contributed by atoms with van der Waals surface area (Å²) in [5.41, 5.74) is 0. The summed E-state index contributed by atoms with van der Waals surface area (Å²) in [5, 5.41) is 0. The lowest BCUT2D eigenvalue weighted by atomic mass is 10.0. The van der Waals surface area contributed by atoms with Gasteiger partial charge < -0.3 is 0 Å². The molecule has 2 rings (SSSR count). The third kappa shape index (κ3) is 3.27. The van der Waals surface area contributed by atoms with Crippen molar-refractivity contribution in [3.8, 4) is 0 Å². The molecule has 1 unspecified atom stereocenters. The van der Waals surface area contributed by atoms with E-state index in [0.717, 1.165) is 30.7 Å². The third-order valence-electron chi connectivity index (χ3n) is 3.25. The van der Waals surface area contributed by atoms with Gasteiger partial charge in [0, 0.05) is 19.0 Å². The molecule has 1 heterocycles. The van der Waals surface area contributed by atoms with Gasteiger partial charge in [-0.2, -0.15) is 0 Å². The lowest BCUT2D eigenvalue weighted by Gasteiger charge is -2.33. The van der Waals surface area contributed by atoms with Crippen molar-refractivity contribution in [3.05, 3.63) is 30.3 Å². The average Bonchev–Trinajstić information content (AvgIpc) is 2.39. The predicted octanol–water partition coefficient (Wildman–Crippen LogP) is 2.54. The molecule has 0 saturated carbocycles. The van der Waals surface area contributed by atoms with Crippen LogP contribution in [0.2, 0.25) is 0 Å². The Hall–Kier alpha value is -1.00. The first-order valence-corrected chi connectivity index (χ1v) is 7.52. The highest BCUT2D eigenvalue weighted by molar-refractivity contribution is 7.82. The van der Waals surface area contributed by atoms with Crippen LogP contribution in [0.15, 0.2) is 35.2 Å². The van der Waals surface area contributed by atoms with E-state index < -0.39 is 11.0 Å². The topological polar surface area (TPSA) is 37.4 Å². The molecule has 4 heteroatoms. The molecule has 0 bridgehead atoms. The molecule has 98 valence electrons. The maximum absolute atomic E-state index is 12.5. The Kier molecular flexibility index (Phi) is 4.66. The molecule has 1 aromatic carbocycles. The molecule has 0 spiro atoms. The van der Waals surface area contributed by atoms with Gasteiger partial charge in [0.05, 0.1) is 4.90 Å². The molecule has 0 N–H and O–H groups in total. The minimum absolute atomic E-state index is 0.136. The van der Waals surface area contributed by atoms with Crippen molar-refractivity contribution in [1.82, 2.24) is 4.31 Å². The van der Waals surface area contributed by atoms with E-state index >= 15 is 0 Å². The number of ketones is 1. The summed E-state index contributed by atoms with van der Waals surface area (Å²) in [6.07, 6.45) is 3.67. The summed E-state index contributed by atoms with van der Waals surface area (Å²) in [5.74, 6) is 0.178. The maximum Gasteiger partial charge on any atom is 0.131 e. The standard InChI is InChI=1S/C14H19NO2S/c1-12(16)11-13-7-5-6-10-15(13)18(17)14-8-3-2-4-9-14/h2-4,8-9,13H,5-7,10-11H2,1H3/t13-,18?/m0/s1. The summed E-state index contributed by atoms with van der Waals surface area (Å²) in [7, 11) is -1.14. The van der Waals surface area contributed by atoms with Crippen LogP contribution in [0.1, 0.15) is 32.6 Å². The highest BCUT2D eigenvalue weighted by Crippen LogP contribution is 2.24. The number of piperidine rings is 1. The van der Waals surface area contributed by atoms with E-state index in [2.05, 4.69) is 0 Å². The quantitative estimate of drug-likeness (QED) is 0.839. The van der Waals surface area contributed by atoms with Crippen molar-refractivity contribution in [2.75, 3.05) is 6.54 Å². The molecule has 2 atom stereocenters. The fourth-order valence-corrected chi connectivity index (χ4v) is 3.81. The molecule has 1 fully saturated rings. The number of benzene rings is 1. The molecule has 1 aliphatic rings. The molecule has 1 aromatic rings. The molecule has 0 aliphatic carbocycles. The van der Waals surface area contributed by atoms with E-state index in [1.54, 1.807) is 6.92 Å². The zero-order valence-electron chi connectivity index (χ0n) is 10.7. The molecule has 1 aliphatic heterocycles. The fourth-order valence-electron chi connectivity index (χ4n) is 2.40. The molecule has 18 heavy (non-hydrogen) atoms. The molecular formula is C14H19NO2S. The Morgan fingerprint density at radius 1 is 1.33 bits per heavy atom. The molecule has 0 amide bonds. The Morgan fingerprint density at radius 3 is 2.72 bits per heavy atom. The van der Waals surface area contributed by atoms with Crippen LogP contribution in [0.4, 0.5) is 0 Å². The zero-order valence-corrected chi connectivity index (χ0v) is 11.5. The van der Waals surface area contributed by atoms with E-state index in [1.807, 2.05) is 34.6 Å². The van der Waals surface area contributed by atoms with Gasteiger partial charge in [0.2, 0.25) is 0 Å². The Morgan fingerprint density at radius 2 is 2.06 bits per heavy atom. The third-order valence-corrected chi connectivity index (χ3v) is 4.84. The first kappa shape index (κ1) is 13.4. The molecule has 3 nitrogen and oxygen atoms in total. The zero-order chi connectivity index (χ0) is 13.0. The maximum atomic E-state index is 12.5. The lowest BCUT2D eigenvalue weighted by molar-refractivity contribution is -0.118. The van der Waals surface area contributed by atoms with E-state index in [-0.39, 0.29) is 11.8 Å². The summed E-state index contributed by atoms with van der Waals surface area (Å²) in [4.78, 5) is 12.1. The molecule has 0 aromatic heterocycles. The van der Waals surface area contributed by atoms with Crippen LogP contribution >= 0.6 is 0 Å². The Balaban J connectivity index is 2.13. The minimum Gasteiger partial charge on any atom is -0.300 e. The second kappa shape index (κ2) is 6.25. The highest BCUT2D eigenvalue weighted by atomic mass is 32.2. The number of carbonyl (C=O) groups excluding carboxylic acids is 1. The first-order chi connectivity index (χ1) is 8.68. The van der Waals surface area contributed by atoms with Gasteiger partial charge >= 0.3 is 0 Å². The second-order valence-corrected chi connectivity index (χ2v) is 6.20. The Bertz CT molecular complexity index is 433. The lowest BCUT2D eigenvalue weighted by Crippen LogP contribution is -2.41. The molecular weight excluding hydrogens is 246 g/mol. The van der Waals surface area contributed by atoms with E-state index in [4.69, 9.17) is 0 Å². The average molecular weight is 265 g/mol. The van der Waals surface area contributed by atoms with Gasteiger partial charge in [-0.3, -0.25) is 4.79 Å². The van der Waals surface area contributed by atoms with Crippen molar-refractivity contribution in [3.63, 3.8) is 0 Å². The van der Waals surface area contributed by atoms with Gasteiger partial charge in [-0.05, 0) is 31.9 Å².